The summed E-state index contributed by atoms with van der Waals surface area (Å²) in [6.45, 7) is 1.17. The third-order valence-corrected chi connectivity index (χ3v) is 5.83. The van der Waals surface area contributed by atoms with Crippen LogP contribution in [-0.4, -0.2) is 62.5 Å². The maximum absolute atomic E-state index is 13.1. The normalized spacial score (nSPS) is 14.1. The zero-order valence-electron chi connectivity index (χ0n) is 19.2. The number of carbonyl (C=O) groups excluding carboxylic acids is 1. The number of likely N-dealkylation sites (tertiary alicyclic amines) is 1. The molecule has 3 aromatic rings. The first-order valence-corrected chi connectivity index (χ1v) is 10.6. The Labute approximate surface area is 192 Å². The molecule has 0 spiro atoms. The molecule has 174 valence electrons. The number of rotatable bonds is 7. The second-order valence-electron chi connectivity index (χ2n) is 7.67. The lowest BCUT2D eigenvalue weighted by atomic mass is 9.96. The SMILES string of the molecule is COc1ccc(-c2noc(C3CCN(C(=O)c4cc(OC)c(OC)c(OC)c4)CC3)n2)cc1. The maximum atomic E-state index is 13.1. The van der Waals surface area contributed by atoms with Gasteiger partial charge in [0.2, 0.25) is 17.5 Å². The second kappa shape index (κ2) is 9.81. The lowest BCUT2D eigenvalue weighted by Gasteiger charge is -2.30. The highest BCUT2D eigenvalue weighted by atomic mass is 16.5. The zero-order chi connectivity index (χ0) is 23.4. The molecule has 0 N–H and O–H groups in total. The van der Waals surface area contributed by atoms with Crippen molar-refractivity contribution in [1.29, 1.82) is 0 Å². The molecule has 0 saturated carbocycles. The van der Waals surface area contributed by atoms with Crippen molar-refractivity contribution in [1.82, 2.24) is 15.0 Å². The molecule has 33 heavy (non-hydrogen) atoms. The molecule has 0 bridgehead atoms. The zero-order valence-corrected chi connectivity index (χ0v) is 19.2. The van der Waals surface area contributed by atoms with Crippen LogP contribution < -0.4 is 18.9 Å². The highest BCUT2D eigenvalue weighted by Crippen LogP contribution is 2.39. The van der Waals surface area contributed by atoms with E-state index in [-0.39, 0.29) is 11.8 Å². The monoisotopic (exact) mass is 453 g/mol. The summed E-state index contributed by atoms with van der Waals surface area (Å²) >= 11 is 0. The first kappa shape index (κ1) is 22.4. The van der Waals surface area contributed by atoms with E-state index in [0.29, 0.717) is 47.6 Å². The van der Waals surface area contributed by atoms with E-state index in [0.717, 1.165) is 24.2 Å². The van der Waals surface area contributed by atoms with Gasteiger partial charge < -0.3 is 28.4 Å². The summed E-state index contributed by atoms with van der Waals surface area (Å²) in [5.41, 5.74) is 1.35. The van der Waals surface area contributed by atoms with Crippen LogP contribution in [0.3, 0.4) is 0 Å². The number of aromatic nitrogens is 2. The minimum atomic E-state index is -0.0860. The highest BCUT2D eigenvalue weighted by Gasteiger charge is 2.29. The Bertz CT molecular complexity index is 1080. The van der Waals surface area contributed by atoms with Gasteiger partial charge >= 0.3 is 0 Å². The first-order valence-electron chi connectivity index (χ1n) is 10.6. The van der Waals surface area contributed by atoms with Gasteiger partial charge in [0.15, 0.2) is 11.5 Å². The molecule has 9 nitrogen and oxygen atoms in total. The third-order valence-electron chi connectivity index (χ3n) is 5.83. The molecule has 0 atom stereocenters. The summed E-state index contributed by atoms with van der Waals surface area (Å²) in [4.78, 5) is 19.5. The van der Waals surface area contributed by atoms with Crippen molar-refractivity contribution < 1.29 is 28.3 Å². The van der Waals surface area contributed by atoms with E-state index in [9.17, 15) is 4.79 Å². The summed E-state index contributed by atoms with van der Waals surface area (Å²) < 4.78 is 26.8. The molecule has 2 heterocycles. The van der Waals surface area contributed by atoms with Crippen molar-refractivity contribution >= 4 is 5.91 Å². The summed E-state index contributed by atoms with van der Waals surface area (Å²) in [7, 11) is 6.22. The second-order valence-corrected chi connectivity index (χ2v) is 7.67. The van der Waals surface area contributed by atoms with Crippen LogP contribution >= 0.6 is 0 Å². The maximum Gasteiger partial charge on any atom is 0.254 e. The van der Waals surface area contributed by atoms with Gasteiger partial charge in [-0.25, -0.2) is 0 Å². The number of hydrogen-bond acceptors (Lipinski definition) is 8. The smallest absolute Gasteiger partial charge is 0.254 e. The first-order chi connectivity index (χ1) is 16.1. The van der Waals surface area contributed by atoms with Gasteiger partial charge in [0.25, 0.3) is 5.91 Å². The average molecular weight is 453 g/mol. The molecule has 1 aliphatic rings. The van der Waals surface area contributed by atoms with Crippen LogP contribution in [0.25, 0.3) is 11.4 Å². The predicted octanol–water partition coefficient (Wildman–Crippen LogP) is 3.79. The lowest BCUT2D eigenvalue weighted by Crippen LogP contribution is -2.38. The third kappa shape index (κ3) is 4.57. The fourth-order valence-electron chi connectivity index (χ4n) is 3.98. The molecule has 1 aromatic heterocycles. The standard InChI is InChI=1S/C24H27N3O6/c1-29-18-7-5-15(6-8-18)22-25-23(33-26-22)16-9-11-27(12-10-16)24(28)17-13-19(30-2)21(32-4)20(14-17)31-3/h5-8,13-14,16H,9-12H2,1-4H3. The van der Waals surface area contributed by atoms with Gasteiger partial charge in [0.05, 0.1) is 28.4 Å². The summed E-state index contributed by atoms with van der Waals surface area (Å²) in [6, 6.07) is 10.9. The molecule has 9 heteroatoms. The Morgan fingerprint density at radius 1 is 0.939 bits per heavy atom. The molecule has 0 aliphatic carbocycles. The van der Waals surface area contributed by atoms with Crippen LogP contribution in [0.2, 0.25) is 0 Å². The number of piperidine rings is 1. The van der Waals surface area contributed by atoms with Crippen LogP contribution in [0, 0.1) is 0 Å². The van der Waals surface area contributed by atoms with E-state index in [1.54, 1.807) is 19.2 Å². The number of hydrogen-bond donors (Lipinski definition) is 0. The molecule has 1 aliphatic heterocycles. The molecule has 0 radical (unpaired) electrons. The van der Waals surface area contributed by atoms with Crippen LogP contribution in [0.15, 0.2) is 40.9 Å². The average Bonchev–Trinajstić information content (AvgIpc) is 3.37. The number of nitrogens with zero attached hydrogens (tertiary/aromatic N) is 3. The van der Waals surface area contributed by atoms with Gasteiger partial charge in [-0.3, -0.25) is 4.79 Å². The van der Waals surface area contributed by atoms with Gasteiger partial charge in [0.1, 0.15) is 5.75 Å². The molecule has 2 aromatic carbocycles. The van der Waals surface area contributed by atoms with E-state index in [1.807, 2.05) is 29.2 Å². The van der Waals surface area contributed by atoms with E-state index in [2.05, 4.69) is 10.1 Å². The Morgan fingerprint density at radius 3 is 2.12 bits per heavy atom. The summed E-state index contributed by atoms with van der Waals surface area (Å²) in [5.74, 6) is 3.29. The van der Waals surface area contributed by atoms with E-state index < -0.39 is 0 Å². The van der Waals surface area contributed by atoms with Gasteiger partial charge in [-0.2, -0.15) is 4.98 Å². The number of carbonyl (C=O) groups is 1. The molecular formula is C24H27N3O6. The fraction of sp³-hybridized carbons (Fsp3) is 0.375. The number of methoxy groups -OCH3 is 4. The Balaban J connectivity index is 1.43. The number of amides is 1. The lowest BCUT2D eigenvalue weighted by molar-refractivity contribution is 0.0703. The number of ether oxygens (including phenoxy) is 4. The van der Waals surface area contributed by atoms with Crippen LogP contribution in [0.5, 0.6) is 23.0 Å². The topological polar surface area (TPSA) is 96.2 Å². The quantitative estimate of drug-likeness (QED) is 0.533. The van der Waals surface area contributed by atoms with Crippen molar-refractivity contribution in [2.75, 3.05) is 41.5 Å². The van der Waals surface area contributed by atoms with E-state index >= 15 is 0 Å². The molecule has 0 unspecified atom stereocenters. The van der Waals surface area contributed by atoms with E-state index in [1.165, 1.54) is 21.3 Å². The molecule has 1 fully saturated rings. The molecular weight excluding hydrogens is 426 g/mol. The van der Waals surface area contributed by atoms with Gasteiger partial charge in [0, 0.05) is 30.1 Å². The molecule has 4 rings (SSSR count). The van der Waals surface area contributed by atoms with Crippen molar-refractivity contribution in [3.05, 3.63) is 47.9 Å². The van der Waals surface area contributed by atoms with Crippen molar-refractivity contribution in [2.24, 2.45) is 0 Å². The Hall–Kier alpha value is -3.75. The predicted molar refractivity (Wildman–Crippen MR) is 120 cm³/mol. The van der Waals surface area contributed by atoms with Crippen molar-refractivity contribution in [3.63, 3.8) is 0 Å². The van der Waals surface area contributed by atoms with Gasteiger partial charge in [-0.05, 0) is 49.2 Å². The van der Waals surface area contributed by atoms with Crippen LogP contribution in [-0.2, 0) is 0 Å². The van der Waals surface area contributed by atoms with Gasteiger partial charge in [-0.15, -0.1) is 0 Å². The fourth-order valence-corrected chi connectivity index (χ4v) is 3.98. The minimum absolute atomic E-state index is 0.0860. The van der Waals surface area contributed by atoms with Crippen molar-refractivity contribution in [3.8, 4) is 34.4 Å². The van der Waals surface area contributed by atoms with Crippen LogP contribution in [0.1, 0.15) is 35.0 Å². The number of benzene rings is 2. The summed E-state index contributed by atoms with van der Waals surface area (Å²) in [5, 5.41) is 4.13. The largest absolute Gasteiger partial charge is 0.497 e. The molecule has 1 amide bonds. The molecule has 1 saturated heterocycles. The minimum Gasteiger partial charge on any atom is -0.497 e. The Kier molecular flexibility index (Phi) is 6.67. The van der Waals surface area contributed by atoms with Gasteiger partial charge in [-0.1, -0.05) is 5.16 Å². The van der Waals surface area contributed by atoms with Crippen molar-refractivity contribution in [2.45, 2.75) is 18.8 Å². The summed E-state index contributed by atoms with van der Waals surface area (Å²) in [6.07, 6.45) is 1.47. The van der Waals surface area contributed by atoms with Crippen LogP contribution in [0.4, 0.5) is 0 Å². The highest BCUT2D eigenvalue weighted by molar-refractivity contribution is 5.95. The Morgan fingerprint density at radius 2 is 1.58 bits per heavy atom. The van der Waals surface area contributed by atoms with E-state index in [4.69, 9.17) is 23.5 Å².